The Labute approximate surface area is 214 Å². The number of thioether (sulfide) groups is 1. The quantitative estimate of drug-likeness (QED) is 0.294. The van der Waals surface area contributed by atoms with Gasteiger partial charge >= 0.3 is 0 Å². The van der Waals surface area contributed by atoms with Crippen molar-refractivity contribution < 1.29 is 19.1 Å². The zero-order valence-corrected chi connectivity index (χ0v) is 21.1. The lowest BCUT2D eigenvalue weighted by Crippen LogP contribution is -2.20. The van der Waals surface area contributed by atoms with Gasteiger partial charge in [0, 0.05) is 3.57 Å². The van der Waals surface area contributed by atoms with Crippen LogP contribution in [0.1, 0.15) is 5.56 Å². The summed E-state index contributed by atoms with van der Waals surface area (Å²) >= 11 is 3.44. The van der Waals surface area contributed by atoms with Crippen molar-refractivity contribution >= 4 is 68.8 Å². The van der Waals surface area contributed by atoms with Gasteiger partial charge in [0.15, 0.2) is 11.8 Å². The molecule has 0 unspecified atom stereocenters. The van der Waals surface area contributed by atoms with Gasteiger partial charge < -0.3 is 20.1 Å². The highest BCUT2D eigenvalue weighted by atomic mass is 127. The molecule has 172 valence electrons. The van der Waals surface area contributed by atoms with Crippen LogP contribution in [0.5, 0.6) is 11.5 Å². The smallest absolute Gasteiger partial charge is 0.264 e. The normalized spacial score (nSPS) is 15.3. The summed E-state index contributed by atoms with van der Waals surface area (Å²) in [5.41, 5.74) is 2.30. The monoisotopic (exact) mass is 585 g/mol. The Bertz CT molecular complexity index is 1260. The molecule has 0 saturated carbocycles. The number of methoxy groups -OCH3 is 1. The topological polar surface area (TPSA) is 89.0 Å². The van der Waals surface area contributed by atoms with Crippen LogP contribution in [0.3, 0.4) is 0 Å². The second-order valence-corrected chi connectivity index (χ2v) is 9.26. The Morgan fingerprint density at radius 1 is 1.06 bits per heavy atom. The summed E-state index contributed by atoms with van der Waals surface area (Å²) in [5, 5.41) is 6.11. The van der Waals surface area contributed by atoms with E-state index in [0.29, 0.717) is 15.8 Å². The third-order valence-electron chi connectivity index (χ3n) is 4.65. The number of halogens is 1. The second-order valence-electron chi connectivity index (χ2n) is 7.07. The molecule has 0 bridgehead atoms. The summed E-state index contributed by atoms with van der Waals surface area (Å²) < 4.78 is 11.7. The van der Waals surface area contributed by atoms with E-state index in [1.165, 1.54) is 11.8 Å². The van der Waals surface area contributed by atoms with Crippen molar-refractivity contribution in [1.82, 2.24) is 5.32 Å². The predicted octanol–water partition coefficient (Wildman–Crippen LogP) is 5.21. The minimum Gasteiger partial charge on any atom is -0.497 e. The van der Waals surface area contributed by atoms with Gasteiger partial charge in [0.2, 0.25) is 0 Å². The van der Waals surface area contributed by atoms with Crippen molar-refractivity contribution in [2.24, 2.45) is 4.99 Å². The zero-order chi connectivity index (χ0) is 23.9. The summed E-state index contributed by atoms with van der Waals surface area (Å²) in [5.74, 6) is 0.861. The van der Waals surface area contributed by atoms with Gasteiger partial charge in [-0.1, -0.05) is 24.3 Å². The fourth-order valence-corrected chi connectivity index (χ4v) is 4.33. The summed E-state index contributed by atoms with van der Waals surface area (Å²) in [7, 11) is 1.60. The molecule has 0 aliphatic carbocycles. The van der Waals surface area contributed by atoms with Crippen LogP contribution in [0.25, 0.3) is 6.08 Å². The van der Waals surface area contributed by atoms with Gasteiger partial charge in [-0.15, -0.1) is 0 Å². The largest absolute Gasteiger partial charge is 0.497 e. The molecule has 1 saturated heterocycles. The highest BCUT2D eigenvalue weighted by Gasteiger charge is 2.23. The predicted molar refractivity (Wildman–Crippen MR) is 144 cm³/mol. The maximum Gasteiger partial charge on any atom is 0.264 e. The van der Waals surface area contributed by atoms with Crippen molar-refractivity contribution in [2.45, 2.75) is 0 Å². The number of carbonyl (C=O) groups excluding carboxylic acids is 2. The third kappa shape index (κ3) is 6.39. The van der Waals surface area contributed by atoms with Gasteiger partial charge in [0.25, 0.3) is 11.8 Å². The standard InChI is InChI=1S/C25H20IN3O4S/c1-32-18-12-8-17(9-13-18)27-25-29-24(31)22(34-25)14-16-6-10-19(11-7-16)33-15-23(30)28-21-5-3-2-4-20(21)26/h2-14H,15H2,1H3,(H,28,30)(H,27,29,31)/b22-14-. The molecule has 1 heterocycles. The minimum atomic E-state index is -0.238. The van der Waals surface area contributed by atoms with E-state index in [0.717, 1.165) is 26.3 Å². The molecule has 4 rings (SSSR count). The van der Waals surface area contributed by atoms with E-state index in [-0.39, 0.29) is 18.4 Å². The Kier molecular flexibility index (Phi) is 7.86. The molecule has 34 heavy (non-hydrogen) atoms. The average molecular weight is 585 g/mol. The van der Waals surface area contributed by atoms with E-state index in [1.54, 1.807) is 25.3 Å². The lowest BCUT2D eigenvalue weighted by atomic mass is 10.2. The molecule has 1 fully saturated rings. The molecule has 3 aromatic rings. The summed E-state index contributed by atoms with van der Waals surface area (Å²) in [6, 6.07) is 22.0. The van der Waals surface area contributed by atoms with Crippen molar-refractivity contribution in [3.63, 3.8) is 0 Å². The Morgan fingerprint density at radius 3 is 2.47 bits per heavy atom. The first-order valence-corrected chi connectivity index (χ1v) is 12.1. The van der Waals surface area contributed by atoms with Crippen LogP contribution in [0.15, 0.2) is 82.7 Å². The van der Waals surface area contributed by atoms with Gasteiger partial charge in [0.1, 0.15) is 11.5 Å². The summed E-state index contributed by atoms with van der Waals surface area (Å²) in [4.78, 5) is 29.5. The third-order valence-corrected chi connectivity index (χ3v) is 6.50. The van der Waals surface area contributed by atoms with Crippen molar-refractivity contribution in [3.05, 3.63) is 86.8 Å². The van der Waals surface area contributed by atoms with Crippen molar-refractivity contribution in [1.29, 1.82) is 0 Å². The van der Waals surface area contributed by atoms with Crippen LogP contribution in [-0.4, -0.2) is 30.7 Å². The van der Waals surface area contributed by atoms with E-state index >= 15 is 0 Å². The lowest BCUT2D eigenvalue weighted by Gasteiger charge is -2.09. The number of ether oxygens (including phenoxy) is 2. The molecule has 2 amide bonds. The van der Waals surface area contributed by atoms with E-state index in [1.807, 2.05) is 60.7 Å². The molecular weight excluding hydrogens is 565 g/mol. The number of nitrogens with zero attached hydrogens (tertiary/aromatic N) is 1. The molecule has 3 aromatic carbocycles. The number of anilines is 1. The van der Waals surface area contributed by atoms with Crippen LogP contribution in [0.2, 0.25) is 0 Å². The van der Waals surface area contributed by atoms with Gasteiger partial charge in [-0.3, -0.25) is 9.59 Å². The van der Waals surface area contributed by atoms with Crippen LogP contribution in [-0.2, 0) is 9.59 Å². The number of para-hydroxylation sites is 1. The fraction of sp³-hybridized carbons (Fsp3) is 0.0800. The SMILES string of the molecule is COc1ccc(N=C2NC(=O)/C(=C/c3ccc(OCC(=O)Nc4ccccc4I)cc3)S2)cc1. The highest BCUT2D eigenvalue weighted by Crippen LogP contribution is 2.29. The van der Waals surface area contributed by atoms with Crippen LogP contribution < -0.4 is 20.1 Å². The number of hydrogen-bond donors (Lipinski definition) is 2. The number of carbonyl (C=O) groups is 2. The zero-order valence-electron chi connectivity index (χ0n) is 18.1. The maximum atomic E-state index is 12.3. The highest BCUT2D eigenvalue weighted by molar-refractivity contribution is 14.1. The minimum absolute atomic E-state index is 0.102. The molecule has 2 N–H and O–H groups in total. The van der Waals surface area contributed by atoms with Gasteiger partial charge in [-0.2, -0.15) is 0 Å². The molecule has 9 heteroatoms. The van der Waals surface area contributed by atoms with Gasteiger partial charge in [-0.05, 0) is 94.5 Å². The molecule has 1 aliphatic rings. The number of amidine groups is 1. The van der Waals surface area contributed by atoms with Gasteiger partial charge in [0.05, 0.1) is 23.4 Å². The fourth-order valence-electron chi connectivity index (χ4n) is 2.96. The van der Waals surface area contributed by atoms with E-state index in [4.69, 9.17) is 9.47 Å². The lowest BCUT2D eigenvalue weighted by molar-refractivity contribution is -0.118. The summed E-state index contributed by atoms with van der Waals surface area (Å²) in [6.07, 6.45) is 1.78. The number of aliphatic imine (C=N–C) groups is 1. The van der Waals surface area contributed by atoms with E-state index < -0.39 is 0 Å². The number of hydrogen-bond acceptors (Lipinski definition) is 6. The van der Waals surface area contributed by atoms with Gasteiger partial charge in [-0.25, -0.2) is 4.99 Å². The molecule has 0 spiro atoms. The average Bonchev–Trinajstić information content (AvgIpc) is 3.19. The number of nitrogens with one attached hydrogen (secondary N) is 2. The first-order chi connectivity index (χ1) is 16.5. The Morgan fingerprint density at radius 2 is 1.76 bits per heavy atom. The van der Waals surface area contributed by atoms with Crippen LogP contribution >= 0.6 is 34.4 Å². The maximum absolute atomic E-state index is 12.3. The first-order valence-electron chi connectivity index (χ1n) is 10.2. The van der Waals surface area contributed by atoms with Crippen molar-refractivity contribution in [3.8, 4) is 11.5 Å². The molecule has 0 aromatic heterocycles. The van der Waals surface area contributed by atoms with Crippen LogP contribution in [0, 0.1) is 3.57 Å². The molecule has 0 radical (unpaired) electrons. The molecule has 1 aliphatic heterocycles. The van der Waals surface area contributed by atoms with E-state index in [2.05, 4.69) is 38.2 Å². The Balaban J connectivity index is 1.33. The Hall–Kier alpha value is -3.31. The molecule has 7 nitrogen and oxygen atoms in total. The number of amides is 2. The number of benzene rings is 3. The molecule has 0 atom stereocenters. The summed E-state index contributed by atoms with van der Waals surface area (Å²) in [6.45, 7) is -0.102. The molecular formula is C25H20IN3O4S. The first kappa shape index (κ1) is 23.8. The van der Waals surface area contributed by atoms with Crippen molar-refractivity contribution in [2.75, 3.05) is 19.0 Å². The van der Waals surface area contributed by atoms with E-state index in [9.17, 15) is 9.59 Å². The number of rotatable bonds is 7. The van der Waals surface area contributed by atoms with Crippen LogP contribution in [0.4, 0.5) is 11.4 Å². The second kappa shape index (κ2) is 11.2.